The van der Waals surface area contributed by atoms with E-state index in [1.165, 1.54) is 19.1 Å². The third kappa shape index (κ3) is 2.00. The van der Waals surface area contributed by atoms with Gasteiger partial charge in [0.15, 0.2) is 14.6 Å². The van der Waals surface area contributed by atoms with E-state index in [1.54, 1.807) is 6.07 Å². The number of hydrogen-bond donors (Lipinski definition) is 0. The second kappa shape index (κ2) is 3.63. The highest BCUT2D eigenvalue weighted by Crippen LogP contribution is 2.28. The van der Waals surface area contributed by atoms with Crippen LogP contribution in [-0.2, 0) is 14.6 Å². The average molecular weight is 227 g/mol. The number of rotatable bonds is 2. The van der Waals surface area contributed by atoms with E-state index in [4.69, 9.17) is 5.26 Å². The van der Waals surface area contributed by atoms with Crippen LogP contribution >= 0.6 is 0 Å². The summed E-state index contributed by atoms with van der Waals surface area (Å²) in [6.45, 7) is 1.30. The molecule has 0 aromatic heterocycles. The molecule has 0 aliphatic heterocycles. The molecule has 0 saturated carbocycles. The van der Waals surface area contributed by atoms with Gasteiger partial charge < -0.3 is 0 Å². The molecule has 0 aliphatic rings. The zero-order chi connectivity index (χ0) is 11.7. The van der Waals surface area contributed by atoms with Gasteiger partial charge in [0.25, 0.3) is 0 Å². The van der Waals surface area contributed by atoms with Crippen molar-refractivity contribution in [1.29, 1.82) is 5.26 Å². The minimum Gasteiger partial charge on any atom is -0.227 e. The summed E-state index contributed by atoms with van der Waals surface area (Å²) in [6, 6.07) is 6.62. The molecule has 0 spiro atoms. The van der Waals surface area contributed by atoms with Crippen molar-refractivity contribution in [2.75, 3.05) is 6.26 Å². The van der Waals surface area contributed by atoms with Crippen LogP contribution in [0.1, 0.15) is 12.5 Å². The Bertz CT molecular complexity index is 501. The van der Waals surface area contributed by atoms with Crippen LogP contribution in [0, 0.1) is 17.1 Å². The van der Waals surface area contributed by atoms with Gasteiger partial charge in [0.05, 0.1) is 6.07 Å². The van der Waals surface area contributed by atoms with Gasteiger partial charge in [0.1, 0.15) is 5.82 Å². The lowest BCUT2D eigenvalue weighted by atomic mass is 10.0. The van der Waals surface area contributed by atoms with Crippen LogP contribution in [0.2, 0.25) is 0 Å². The number of nitrogens with zero attached hydrogens (tertiary/aromatic N) is 1. The maximum Gasteiger partial charge on any atom is 0.180 e. The molecule has 0 aliphatic carbocycles. The summed E-state index contributed by atoms with van der Waals surface area (Å²) in [4.78, 5) is 0. The highest BCUT2D eigenvalue weighted by Gasteiger charge is 2.37. The first-order valence-electron chi connectivity index (χ1n) is 4.18. The van der Waals surface area contributed by atoms with Crippen molar-refractivity contribution in [2.45, 2.75) is 11.7 Å². The third-order valence-corrected chi connectivity index (χ3v) is 4.16. The Morgan fingerprint density at radius 1 is 1.33 bits per heavy atom. The first-order chi connectivity index (χ1) is 6.81. The maximum atomic E-state index is 12.6. The predicted molar refractivity (Wildman–Crippen MR) is 54.2 cm³/mol. The maximum absolute atomic E-state index is 12.6. The van der Waals surface area contributed by atoms with Gasteiger partial charge >= 0.3 is 0 Å². The number of nitriles is 1. The van der Waals surface area contributed by atoms with Crippen molar-refractivity contribution >= 4 is 9.84 Å². The molecule has 1 rings (SSSR count). The zero-order valence-electron chi connectivity index (χ0n) is 8.36. The molecule has 1 atom stereocenters. The number of benzene rings is 1. The minimum absolute atomic E-state index is 0.272. The summed E-state index contributed by atoms with van der Waals surface area (Å²) < 4.78 is 33.9. The lowest BCUT2D eigenvalue weighted by Crippen LogP contribution is -2.29. The molecule has 1 unspecified atom stereocenters. The van der Waals surface area contributed by atoms with Gasteiger partial charge in [0.2, 0.25) is 0 Å². The summed E-state index contributed by atoms with van der Waals surface area (Å²) >= 11 is 0. The molecule has 1 aromatic carbocycles. The van der Waals surface area contributed by atoms with Crippen LogP contribution in [0.4, 0.5) is 4.39 Å². The van der Waals surface area contributed by atoms with Gasteiger partial charge in [-0.2, -0.15) is 5.26 Å². The predicted octanol–water partition coefficient (Wildman–Crippen LogP) is 1.61. The van der Waals surface area contributed by atoms with Crippen molar-refractivity contribution in [2.24, 2.45) is 0 Å². The van der Waals surface area contributed by atoms with Gasteiger partial charge in [0, 0.05) is 6.26 Å². The molecule has 15 heavy (non-hydrogen) atoms. The van der Waals surface area contributed by atoms with Crippen molar-refractivity contribution in [1.82, 2.24) is 0 Å². The Balaban J connectivity index is 3.39. The standard InChI is InChI=1S/C10H10FNO2S/c1-10(7-12,15(2,13)14)8-3-5-9(11)6-4-8/h3-6H,1-2H3. The number of sulfone groups is 1. The van der Waals surface area contributed by atoms with Gasteiger partial charge in [-0.1, -0.05) is 12.1 Å². The fourth-order valence-electron chi connectivity index (χ4n) is 1.13. The van der Waals surface area contributed by atoms with E-state index in [2.05, 4.69) is 0 Å². The van der Waals surface area contributed by atoms with Crippen LogP contribution in [0.3, 0.4) is 0 Å². The molecule has 5 heteroatoms. The van der Waals surface area contributed by atoms with Gasteiger partial charge in [-0.15, -0.1) is 0 Å². The largest absolute Gasteiger partial charge is 0.227 e. The number of hydrogen-bond acceptors (Lipinski definition) is 3. The first kappa shape index (κ1) is 11.7. The molecule has 0 N–H and O–H groups in total. The summed E-state index contributed by atoms with van der Waals surface area (Å²) in [5.74, 6) is -0.465. The highest BCUT2D eigenvalue weighted by molar-refractivity contribution is 7.91. The molecule has 1 aromatic rings. The van der Waals surface area contributed by atoms with Gasteiger partial charge in [-0.05, 0) is 24.6 Å². The van der Waals surface area contributed by atoms with Crippen LogP contribution in [0.25, 0.3) is 0 Å². The quantitative estimate of drug-likeness (QED) is 0.771. The Labute approximate surface area is 88.1 Å². The van der Waals surface area contributed by atoms with E-state index in [1.807, 2.05) is 0 Å². The molecule has 0 saturated heterocycles. The smallest absolute Gasteiger partial charge is 0.180 e. The zero-order valence-corrected chi connectivity index (χ0v) is 9.18. The molecule has 0 fully saturated rings. The van der Waals surface area contributed by atoms with Crippen molar-refractivity contribution in [3.8, 4) is 6.07 Å². The average Bonchev–Trinajstić information content (AvgIpc) is 2.16. The molecule has 3 nitrogen and oxygen atoms in total. The number of halogens is 1. The van der Waals surface area contributed by atoms with Crippen LogP contribution in [-0.4, -0.2) is 14.7 Å². The lowest BCUT2D eigenvalue weighted by molar-refractivity contribution is 0.576. The third-order valence-electron chi connectivity index (χ3n) is 2.35. The van der Waals surface area contributed by atoms with Crippen LogP contribution < -0.4 is 0 Å². The topological polar surface area (TPSA) is 57.9 Å². The lowest BCUT2D eigenvalue weighted by Gasteiger charge is -2.19. The molecule has 0 bridgehead atoms. The van der Waals surface area contributed by atoms with Gasteiger partial charge in [-0.25, -0.2) is 12.8 Å². The Morgan fingerprint density at radius 2 is 1.80 bits per heavy atom. The van der Waals surface area contributed by atoms with Crippen molar-refractivity contribution in [3.63, 3.8) is 0 Å². The van der Waals surface area contributed by atoms with Crippen molar-refractivity contribution in [3.05, 3.63) is 35.6 Å². The first-order valence-corrected chi connectivity index (χ1v) is 6.07. The highest BCUT2D eigenvalue weighted by atomic mass is 32.2. The summed E-state index contributed by atoms with van der Waals surface area (Å²) in [5.41, 5.74) is 0.272. The Morgan fingerprint density at radius 3 is 2.13 bits per heavy atom. The van der Waals surface area contributed by atoms with E-state index in [-0.39, 0.29) is 5.56 Å². The fraction of sp³-hybridized carbons (Fsp3) is 0.300. The molecule has 80 valence electrons. The monoisotopic (exact) mass is 227 g/mol. The molecule has 0 radical (unpaired) electrons. The summed E-state index contributed by atoms with van der Waals surface area (Å²) in [7, 11) is -3.56. The summed E-state index contributed by atoms with van der Waals surface area (Å²) in [5, 5.41) is 8.92. The van der Waals surface area contributed by atoms with Gasteiger partial charge in [-0.3, -0.25) is 0 Å². The SMILES string of the molecule is CC(C#N)(c1ccc(F)cc1)S(C)(=O)=O. The van der Waals surface area contributed by atoms with E-state index in [9.17, 15) is 12.8 Å². The molecular formula is C10H10FNO2S. The second-order valence-electron chi connectivity index (χ2n) is 3.42. The van der Waals surface area contributed by atoms with E-state index < -0.39 is 20.4 Å². The normalized spacial score (nSPS) is 15.3. The van der Waals surface area contributed by atoms with E-state index >= 15 is 0 Å². The van der Waals surface area contributed by atoms with E-state index in [0.29, 0.717) is 0 Å². The fourth-order valence-corrected chi connectivity index (χ4v) is 1.86. The summed E-state index contributed by atoms with van der Waals surface area (Å²) in [6.07, 6.45) is 0.986. The molecule has 0 heterocycles. The van der Waals surface area contributed by atoms with Crippen molar-refractivity contribution < 1.29 is 12.8 Å². The Kier molecular flexibility index (Phi) is 2.82. The minimum atomic E-state index is -3.56. The molecular weight excluding hydrogens is 217 g/mol. The second-order valence-corrected chi connectivity index (χ2v) is 5.78. The van der Waals surface area contributed by atoms with Crippen LogP contribution in [0.5, 0.6) is 0 Å². The molecule has 0 amide bonds. The van der Waals surface area contributed by atoms with E-state index in [0.717, 1.165) is 18.4 Å². The van der Waals surface area contributed by atoms with Crippen LogP contribution in [0.15, 0.2) is 24.3 Å². The Hall–Kier alpha value is -1.41.